The second kappa shape index (κ2) is 7.72. The standard InChI is InChI=1S/C18H24N4O/c1-12(2)7-8-19-17-6-5-16(21-22-17)18(23)20-15-10-13(3)9-14(4)11-15/h5-6,9-12H,7-8H2,1-4H3,(H,19,22)(H,20,23). The number of hydrogen-bond acceptors (Lipinski definition) is 4. The van der Waals surface area contributed by atoms with E-state index in [0.717, 1.165) is 29.8 Å². The molecule has 2 N–H and O–H groups in total. The number of carbonyl (C=O) groups excluding carboxylic acids is 1. The maximum atomic E-state index is 12.2. The summed E-state index contributed by atoms with van der Waals surface area (Å²) >= 11 is 0. The van der Waals surface area contributed by atoms with Gasteiger partial charge in [0.2, 0.25) is 0 Å². The lowest BCUT2D eigenvalue weighted by Crippen LogP contribution is -2.15. The van der Waals surface area contributed by atoms with Crippen LogP contribution in [0.4, 0.5) is 11.5 Å². The average molecular weight is 312 g/mol. The number of nitrogens with zero attached hydrogens (tertiary/aromatic N) is 2. The summed E-state index contributed by atoms with van der Waals surface area (Å²) in [7, 11) is 0. The molecule has 0 aliphatic carbocycles. The number of benzene rings is 1. The van der Waals surface area contributed by atoms with Gasteiger partial charge in [0, 0.05) is 12.2 Å². The molecule has 5 heteroatoms. The van der Waals surface area contributed by atoms with Gasteiger partial charge in [-0.15, -0.1) is 10.2 Å². The van der Waals surface area contributed by atoms with Gasteiger partial charge in [-0.1, -0.05) is 19.9 Å². The van der Waals surface area contributed by atoms with Gasteiger partial charge in [-0.25, -0.2) is 0 Å². The molecule has 0 aliphatic heterocycles. The maximum Gasteiger partial charge on any atom is 0.276 e. The van der Waals surface area contributed by atoms with Gasteiger partial charge in [0.25, 0.3) is 5.91 Å². The molecule has 2 rings (SSSR count). The third kappa shape index (κ3) is 5.36. The summed E-state index contributed by atoms with van der Waals surface area (Å²) in [6.45, 7) is 9.20. The first-order valence-electron chi connectivity index (χ1n) is 7.91. The Morgan fingerprint density at radius 2 is 1.78 bits per heavy atom. The zero-order valence-corrected chi connectivity index (χ0v) is 14.2. The van der Waals surface area contributed by atoms with Crippen molar-refractivity contribution in [2.75, 3.05) is 17.2 Å². The van der Waals surface area contributed by atoms with Crippen LogP contribution in [0.2, 0.25) is 0 Å². The number of nitrogens with one attached hydrogen (secondary N) is 2. The number of amides is 1. The van der Waals surface area contributed by atoms with Crippen LogP contribution in [-0.2, 0) is 0 Å². The Balaban J connectivity index is 1.97. The minimum absolute atomic E-state index is 0.253. The van der Waals surface area contributed by atoms with Gasteiger partial charge >= 0.3 is 0 Å². The largest absolute Gasteiger partial charge is 0.369 e. The number of hydrogen-bond donors (Lipinski definition) is 2. The van der Waals surface area contributed by atoms with Crippen LogP contribution in [-0.4, -0.2) is 22.6 Å². The molecule has 0 fully saturated rings. The zero-order valence-electron chi connectivity index (χ0n) is 14.2. The van der Waals surface area contributed by atoms with E-state index in [9.17, 15) is 4.79 Å². The van der Waals surface area contributed by atoms with Crippen molar-refractivity contribution >= 4 is 17.4 Å². The molecule has 0 bridgehead atoms. The van der Waals surface area contributed by atoms with E-state index in [1.807, 2.05) is 26.0 Å². The highest BCUT2D eigenvalue weighted by Gasteiger charge is 2.09. The molecular weight excluding hydrogens is 288 g/mol. The normalized spacial score (nSPS) is 10.7. The van der Waals surface area contributed by atoms with E-state index < -0.39 is 0 Å². The quantitative estimate of drug-likeness (QED) is 0.851. The summed E-state index contributed by atoms with van der Waals surface area (Å²) in [4.78, 5) is 12.2. The molecule has 0 radical (unpaired) electrons. The fourth-order valence-corrected chi connectivity index (χ4v) is 2.28. The van der Waals surface area contributed by atoms with Crippen LogP contribution < -0.4 is 10.6 Å². The zero-order chi connectivity index (χ0) is 16.8. The topological polar surface area (TPSA) is 66.9 Å². The highest BCUT2D eigenvalue weighted by atomic mass is 16.1. The van der Waals surface area contributed by atoms with Gasteiger partial charge in [0.15, 0.2) is 5.69 Å². The average Bonchev–Trinajstić information content (AvgIpc) is 2.46. The molecule has 1 heterocycles. The van der Waals surface area contributed by atoms with Crippen LogP contribution in [0.25, 0.3) is 0 Å². The molecule has 1 aromatic heterocycles. The van der Waals surface area contributed by atoms with Crippen LogP contribution in [0.3, 0.4) is 0 Å². The van der Waals surface area contributed by atoms with Crippen molar-refractivity contribution in [2.24, 2.45) is 5.92 Å². The summed E-state index contributed by atoms with van der Waals surface area (Å²) in [5, 5.41) is 14.1. The first-order valence-corrected chi connectivity index (χ1v) is 7.91. The molecule has 2 aromatic rings. The molecule has 122 valence electrons. The third-order valence-corrected chi connectivity index (χ3v) is 3.40. The highest BCUT2D eigenvalue weighted by Crippen LogP contribution is 2.14. The summed E-state index contributed by atoms with van der Waals surface area (Å²) in [5.41, 5.74) is 3.29. The van der Waals surface area contributed by atoms with Gasteiger partial charge in [0.1, 0.15) is 5.82 Å². The van der Waals surface area contributed by atoms with Gasteiger partial charge < -0.3 is 10.6 Å². The van der Waals surface area contributed by atoms with E-state index in [1.165, 1.54) is 0 Å². The number of carbonyl (C=O) groups is 1. The summed E-state index contributed by atoms with van der Waals surface area (Å²) < 4.78 is 0. The molecule has 0 saturated carbocycles. The van der Waals surface area contributed by atoms with Crippen molar-refractivity contribution < 1.29 is 4.79 Å². The minimum atomic E-state index is -0.253. The lowest BCUT2D eigenvalue weighted by molar-refractivity contribution is 0.102. The van der Waals surface area contributed by atoms with Gasteiger partial charge in [-0.05, 0) is 61.6 Å². The van der Waals surface area contributed by atoms with Gasteiger partial charge in [-0.3, -0.25) is 4.79 Å². The number of anilines is 2. The molecule has 0 saturated heterocycles. The summed E-state index contributed by atoms with van der Waals surface area (Å²) in [6, 6.07) is 9.39. The Hall–Kier alpha value is -2.43. The smallest absolute Gasteiger partial charge is 0.276 e. The van der Waals surface area contributed by atoms with E-state index >= 15 is 0 Å². The number of rotatable bonds is 6. The van der Waals surface area contributed by atoms with E-state index in [4.69, 9.17) is 0 Å². The van der Waals surface area contributed by atoms with E-state index in [0.29, 0.717) is 17.4 Å². The van der Waals surface area contributed by atoms with E-state index in [-0.39, 0.29) is 5.91 Å². The molecule has 0 aliphatic rings. The van der Waals surface area contributed by atoms with Crippen molar-refractivity contribution in [2.45, 2.75) is 34.1 Å². The lowest BCUT2D eigenvalue weighted by atomic mass is 10.1. The van der Waals surface area contributed by atoms with Crippen molar-refractivity contribution in [3.8, 4) is 0 Å². The Morgan fingerprint density at radius 3 is 2.35 bits per heavy atom. The minimum Gasteiger partial charge on any atom is -0.369 e. The Kier molecular flexibility index (Phi) is 5.68. The fraction of sp³-hybridized carbons (Fsp3) is 0.389. The first-order chi connectivity index (χ1) is 10.9. The molecule has 5 nitrogen and oxygen atoms in total. The van der Waals surface area contributed by atoms with Gasteiger partial charge in [0.05, 0.1) is 0 Å². The molecule has 0 unspecified atom stereocenters. The van der Waals surface area contributed by atoms with Crippen LogP contribution >= 0.6 is 0 Å². The predicted octanol–water partition coefficient (Wildman–Crippen LogP) is 3.80. The third-order valence-electron chi connectivity index (χ3n) is 3.40. The first kappa shape index (κ1) is 16.9. The molecule has 1 amide bonds. The number of aryl methyl sites for hydroxylation is 2. The van der Waals surface area contributed by atoms with Crippen LogP contribution in [0.1, 0.15) is 41.9 Å². The van der Waals surface area contributed by atoms with Gasteiger partial charge in [-0.2, -0.15) is 0 Å². The summed E-state index contributed by atoms with van der Waals surface area (Å²) in [6.07, 6.45) is 1.07. The lowest BCUT2D eigenvalue weighted by Gasteiger charge is -2.08. The molecule has 0 spiro atoms. The van der Waals surface area contributed by atoms with Crippen LogP contribution in [0, 0.1) is 19.8 Å². The Morgan fingerprint density at radius 1 is 1.09 bits per heavy atom. The number of aromatic nitrogens is 2. The highest BCUT2D eigenvalue weighted by molar-refractivity contribution is 6.02. The monoisotopic (exact) mass is 312 g/mol. The fourth-order valence-electron chi connectivity index (χ4n) is 2.28. The van der Waals surface area contributed by atoms with Crippen molar-refractivity contribution in [1.29, 1.82) is 0 Å². The van der Waals surface area contributed by atoms with Crippen molar-refractivity contribution in [1.82, 2.24) is 10.2 Å². The molecular formula is C18H24N4O. The molecule has 23 heavy (non-hydrogen) atoms. The molecule has 0 atom stereocenters. The SMILES string of the molecule is Cc1cc(C)cc(NC(=O)c2ccc(NCCC(C)C)nn2)c1. The second-order valence-electron chi connectivity index (χ2n) is 6.24. The van der Waals surface area contributed by atoms with Crippen molar-refractivity contribution in [3.05, 3.63) is 47.2 Å². The second-order valence-corrected chi connectivity index (χ2v) is 6.24. The van der Waals surface area contributed by atoms with Crippen LogP contribution in [0.15, 0.2) is 30.3 Å². The molecule has 1 aromatic carbocycles. The Labute approximate surface area is 137 Å². The van der Waals surface area contributed by atoms with E-state index in [2.05, 4.69) is 40.7 Å². The predicted molar refractivity (Wildman–Crippen MR) is 93.8 cm³/mol. The summed E-state index contributed by atoms with van der Waals surface area (Å²) in [5.74, 6) is 1.07. The maximum absolute atomic E-state index is 12.2. The Bertz CT molecular complexity index is 645. The van der Waals surface area contributed by atoms with E-state index in [1.54, 1.807) is 12.1 Å². The van der Waals surface area contributed by atoms with Crippen molar-refractivity contribution in [3.63, 3.8) is 0 Å². The van der Waals surface area contributed by atoms with Crippen LogP contribution in [0.5, 0.6) is 0 Å².